The number of benzene rings is 4. The van der Waals surface area contributed by atoms with Gasteiger partial charge in [-0.1, -0.05) is 72.8 Å². The van der Waals surface area contributed by atoms with Crippen LogP contribution < -0.4 is 0 Å². The number of methoxy groups -OCH3 is 2. The molecule has 2 N–H and O–H groups in total. The molecule has 16 heteroatoms. The number of allylic oxidation sites excluding steroid dienone is 14. The van der Waals surface area contributed by atoms with Crippen LogP contribution in [-0.2, 0) is 38.2 Å². The van der Waals surface area contributed by atoms with Crippen molar-refractivity contribution in [3.63, 3.8) is 0 Å². The molecule has 0 aliphatic heterocycles. The molecule has 4 aromatic carbocycles. The summed E-state index contributed by atoms with van der Waals surface area (Å²) in [5, 5.41) is 19.4. The van der Waals surface area contributed by atoms with Crippen molar-refractivity contribution >= 4 is 69.4 Å². The molecule has 0 fully saturated rings. The van der Waals surface area contributed by atoms with E-state index in [2.05, 4.69) is 0 Å². The van der Waals surface area contributed by atoms with Gasteiger partial charge in [0, 0.05) is 66.8 Å². The molecule has 4 aromatic rings. The lowest BCUT2D eigenvalue weighted by molar-refractivity contribution is -0.118. The lowest BCUT2D eigenvalue weighted by atomic mass is 9.83. The summed E-state index contributed by atoms with van der Waals surface area (Å²) < 4.78 is 9.70. The number of rotatable bonds is 2. The maximum Gasteiger partial charge on any atom is 0.224 e. The predicted molar refractivity (Wildman–Crippen MR) is 276 cm³/mol. The number of ether oxygens (including phenoxy) is 2. The summed E-state index contributed by atoms with van der Waals surface area (Å²) in [5.41, 5.74) is 5.01. The Bertz CT molecular complexity index is 3380. The fraction of sp³-hybridized carbons (Fsp3) is 0.133. The molecule has 10 rings (SSSR count). The van der Waals surface area contributed by atoms with E-state index in [1.54, 1.807) is 102 Å². The van der Waals surface area contributed by atoms with Crippen molar-refractivity contribution in [2.24, 2.45) is 0 Å². The number of fused-ring (bicyclic) bond motifs is 4. The van der Waals surface area contributed by atoms with E-state index < -0.39 is 11.6 Å². The van der Waals surface area contributed by atoms with E-state index in [1.165, 1.54) is 87.1 Å². The quantitative estimate of drug-likeness (QED) is 0.125. The SMILES string of the molecule is CC1=CC(=O)c2ccccc2C1=O.COC1=C(C)C(=O)C(C)=C(C)C1=O.COC1=C(C)C(=O)C=C(C)C1=O.O=C1C=CC(=O)C=C1.O=C1C=CC(=O)c2ccccc21.O=C1c2ccccc2C(=O)c2c(O)ccc(O)c21. The average molecular weight is 1030 g/mol. The summed E-state index contributed by atoms with van der Waals surface area (Å²) in [6, 6.07) is 22.5. The van der Waals surface area contributed by atoms with Crippen molar-refractivity contribution in [1.82, 2.24) is 0 Å². The van der Waals surface area contributed by atoms with Gasteiger partial charge in [-0.25, -0.2) is 0 Å². The number of phenols is 2. The van der Waals surface area contributed by atoms with Crippen LogP contribution in [0.5, 0.6) is 11.5 Å². The highest BCUT2D eigenvalue weighted by molar-refractivity contribution is 6.30. The number of aromatic hydroxyl groups is 2. The lowest BCUT2D eigenvalue weighted by Gasteiger charge is -2.18. The molecule has 0 saturated heterocycles. The molecule has 0 radical (unpaired) electrons. The molecule has 16 nitrogen and oxygen atoms in total. The van der Waals surface area contributed by atoms with Crippen LogP contribution >= 0.6 is 0 Å². The van der Waals surface area contributed by atoms with Gasteiger partial charge in [0.15, 0.2) is 69.4 Å². The third-order valence-corrected chi connectivity index (χ3v) is 12.0. The van der Waals surface area contributed by atoms with Gasteiger partial charge in [-0.05, 0) is 102 Å². The molecule has 6 aliphatic rings. The highest BCUT2D eigenvalue weighted by Gasteiger charge is 2.34. The summed E-state index contributed by atoms with van der Waals surface area (Å²) in [6.45, 7) is 9.76. The molecule has 0 bridgehead atoms. The standard InChI is InChI=1S/C14H8O4.C11H8O2.C10H12O3.C10H6O2.C9H10O3.C6H4O2/c15-9-5-6-10(16)12-11(9)13(17)7-3-1-2-4-8(7)14(12)18;1-7-6-10(12)8-4-2-3-5-9(8)11(7)13;1-5-6(2)9(12)10(13-4)7(3)8(5)11;11-9-5-6-10(12)8-4-2-1-3-7(8)9;1-5-4-7(10)6(2)9(12-3)8(5)11;7-5-1-2-6(8)4-3-5/h1-6,15-16H;2-6H,1H3;1-4H3;1-6H;4H,1-3H3;1-4H. The zero-order chi connectivity index (χ0) is 56.3. The zero-order valence-electron chi connectivity index (χ0n) is 42.3. The molecule has 0 spiro atoms. The summed E-state index contributed by atoms with van der Waals surface area (Å²) in [7, 11) is 2.79. The van der Waals surface area contributed by atoms with E-state index in [4.69, 9.17) is 9.47 Å². The summed E-state index contributed by atoms with van der Waals surface area (Å²) in [4.78, 5) is 136. The molecule has 6 aliphatic carbocycles. The first kappa shape index (κ1) is 56.9. The Morgan fingerprint density at radius 2 is 0.645 bits per heavy atom. The Labute approximate surface area is 435 Å². The van der Waals surface area contributed by atoms with Crippen molar-refractivity contribution in [2.45, 2.75) is 41.5 Å². The third kappa shape index (κ3) is 12.4. The molecule has 0 unspecified atom stereocenters. The fourth-order valence-corrected chi connectivity index (χ4v) is 7.71. The van der Waals surface area contributed by atoms with Crippen LogP contribution in [0.1, 0.15) is 115 Å². The van der Waals surface area contributed by atoms with Crippen molar-refractivity contribution in [1.29, 1.82) is 0 Å². The van der Waals surface area contributed by atoms with E-state index in [-0.39, 0.29) is 103 Å². The first-order chi connectivity index (χ1) is 36.0. The molecule has 0 amide bonds. The van der Waals surface area contributed by atoms with Crippen LogP contribution in [0.2, 0.25) is 0 Å². The van der Waals surface area contributed by atoms with Crippen molar-refractivity contribution in [3.05, 3.63) is 223 Å². The minimum Gasteiger partial charge on any atom is -0.507 e. The number of carbonyl (C=O) groups is 12. The Morgan fingerprint density at radius 1 is 0.316 bits per heavy atom. The van der Waals surface area contributed by atoms with E-state index in [9.17, 15) is 67.7 Å². The smallest absolute Gasteiger partial charge is 0.224 e. The van der Waals surface area contributed by atoms with Gasteiger partial charge in [0.05, 0.1) is 25.3 Å². The summed E-state index contributed by atoms with van der Waals surface area (Å²) in [6.07, 6.45) is 10.4. The summed E-state index contributed by atoms with van der Waals surface area (Å²) >= 11 is 0. The second-order valence-corrected chi connectivity index (χ2v) is 16.9. The topological polar surface area (TPSA) is 264 Å². The first-order valence-corrected chi connectivity index (χ1v) is 22.9. The predicted octanol–water partition coefficient (Wildman–Crippen LogP) is 8.16. The normalized spacial score (nSPS) is 15.9. The lowest BCUT2D eigenvalue weighted by Crippen LogP contribution is -2.21. The van der Waals surface area contributed by atoms with E-state index >= 15 is 0 Å². The maximum atomic E-state index is 12.2. The molecule has 76 heavy (non-hydrogen) atoms. The number of hydrogen-bond acceptors (Lipinski definition) is 16. The second-order valence-electron chi connectivity index (χ2n) is 16.9. The van der Waals surface area contributed by atoms with Crippen molar-refractivity contribution in [3.8, 4) is 11.5 Å². The van der Waals surface area contributed by atoms with E-state index in [0.29, 0.717) is 55.7 Å². The molecule has 0 aromatic heterocycles. The number of Topliss-reactive ketones (excluding diaryl/α,β-unsaturated/α-hetero) is 4. The fourth-order valence-electron chi connectivity index (χ4n) is 7.71. The summed E-state index contributed by atoms with van der Waals surface area (Å²) in [5.74, 6) is -2.33. The molecular formula is C60H48O16. The highest BCUT2D eigenvalue weighted by Crippen LogP contribution is 2.37. The Hall–Kier alpha value is -9.96. The molecular weight excluding hydrogens is 977 g/mol. The number of carbonyl (C=O) groups excluding carboxylic acids is 12. The van der Waals surface area contributed by atoms with Gasteiger partial charge in [-0.3, -0.25) is 57.5 Å². The second kappa shape index (κ2) is 24.6. The molecule has 0 saturated carbocycles. The Morgan fingerprint density at radius 3 is 1.05 bits per heavy atom. The van der Waals surface area contributed by atoms with Crippen LogP contribution in [-0.4, -0.2) is 93.8 Å². The Balaban J connectivity index is 0.000000171. The van der Waals surface area contributed by atoms with Gasteiger partial charge < -0.3 is 19.7 Å². The van der Waals surface area contributed by atoms with Gasteiger partial charge in [0.2, 0.25) is 11.6 Å². The van der Waals surface area contributed by atoms with Gasteiger partial charge in [-0.2, -0.15) is 0 Å². The number of hydrogen-bond donors (Lipinski definition) is 2. The van der Waals surface area contributed by atoms with Gasteiger partial charge in [0.1, 0.15) is 11.5 Å². The maximum absolute atomic E-state index is 12.2. The van der Waals surface area contributed by atoms with Crippen LogP contribution in [0.25, 0.3) is 0 Å². The van der Waals surface area contributed by atoms with Gasteiger partial charge in [-0.15, -0.1) is 0 Å². The minimum atomic E-state index is -0.450. The first-order valence-electron chi connectivity index (χ1n) is 22.9. The number of phenolic OH excluding ortho intramolecular Hbond substituents is 2. The zero-order valence-corrected chi connectivity index (χ0v) is 42.3. The van der Waals surface area contributed by atoms with Crippen molar-refractivity contribution < 1.29 is 77.2 Å². The third-order valence-electron chi connectivity index (χ3n) is 12.0. The van der Waals surface area contributed by atoms with Gasteiger partial charge >= 0.3 is 0 Å². The highest BCUT2D eigenvalue weighted by atomic mass is 16.5. The molecule has 0 heterocycles. The van der Waals surface area contributed by atoms with E-state index in [1.807, 2.05) is 0 Å². The molecule has 0 atom stereocenters. The largest absolute Gasteiger partial charge is 0.507 e. The minimum absolute atomic E-state index is 0.0461. The van der Waals surface area contributed by atoms with E-state index in [0.717, 1.165) is 0 Å². The average Bonchev–Trinajstić information content (AvgIpc) is 3.42. The van der Waals surface area contributed by atoms with Crippen LogP contribution in [0, 0.1) is 0 Å². The van der Waals surface area contributed by atoms with Crippen LogP contribution in [0.4, 0.5) is 0 Å². The van der Waals surface area contributed by atoms with Crippen molar-refractivity contribution in [2.75, 3.05) is 14.2 Å². The Kier molecular flexibility index (Phi) is 18.5. The number of ketones is 12. The van der Waals surface area contributed by atoms with Crippen LogP contribution in [0.15, 0.2) is 178 Å². The monoisotopic (exact) mass is 1020 g/mol. The van der Waals surface area contributed by atoms with Gasteiger partial charge in [0.25, 0.3) is 0 Å². The van der Waals surface area contributed by atoms with Crippen LogP contribution in [0.3, 0.4) is 0 Å². The molecule has 384 valence electrons.